The smallest absolute Gasteiger partial charge is 0.228 e. The molecule has 1 rings (SSSR count). The third-order valence-corrected chi connectivity index (χ3v) is 1.89. The molecule has 0 spiro atoms. The molecule has 0 amide bonds. The Morgan fingerprint density at radius 2 is 2.36 bits per heavy atom. The van der Waals surface area contributed by atoms with Gasteiger partial charge >= 0.3 is 0 Å². The summed E-state index contributed by atoms with van der Waals surface area (Å²) in [7, 11) is 0. The van der Waals surface area contributed by atoms with Crippen LogP contribution in [-0.2, 0) is 0 Å². The van der Waals surface area contributed by atoms with Crippen LogP contribution in [0.15, 0.2) is 47.6 Å². The van der Waals surface area contributed by atoms with E-state index < -0.39 is 0 Å². The maximum absolute atomic E-state index is 10.3. The Bertz CT molecular complexity index is 348. The second kappa shape index (κ2) is 4.56. The molecule has 0 bridgehead atoms. The molecule has 0 unspecified atom stereocenters. The summed E-state index contributed by atoms with van der Waals surface area (Å²) < 4.78 is 0. The van der Waals surface area contributed by atoms with E-state index in [1.54, 1.807) is 6.08 Å². The number of allylic oxidation sites excluding steroid dienone is 5. The zero-order valence-corrected chi connectivity index (χ0v) is 8.19. The SMILES string of the molecule is C=C1C=CC=C(C[N+](=O)[O-])C=C(C)C1. The first-order valence-corrected chi connectivity index (χ1v) is 4.42. The van der Waals surface area contributed by atoms with Crippen LogP contribution < -0.4 is 0 Å². The lowest BCUT2D eigenvalue weighted by Gasteiger charge is -2.05. The zero-order chi connectivity index (χ0) is 10.6. The van der Waals surface area contributed by atoms with E-state index in [1.165, 1.54) is 0 Å². The number of rotatable bonds is 2. The van der Waals surface area contributed by atoms with E-state index in [1.807, 2.05) is 25.2 Å². The van der Waals surface area contributed by atoms with Crippen LogP contribution >= 0.6 is 0 Å². The lowest BCUT2D eigenvalue weighted by Crippen LogP contribution is -2.03. The van der Waals surface area contributed by atoms with Gasteiger partial charge in [0.25, 0.3) is 0 Å². The van der Waals surface area contributed by atoms with Crippen molar-refractivity contribution in [3.05, 3.63) is 57.7 Å². The van der Waals surface area contributed by atoms with Crippen molar-refractivity contribution in [2.75, 3.05) is 6.54 Å². The fourth-order valence-electron chi connectivity index (χ4n) is 1.39. The van der Waals surface area contributed by atoms with E-state index in [-0.39, 0.29) is 11.5 Å². The van der Waals surface area contributed by atoms with Gasteiger partial charge in [0.2, 0.25) is 6.54 Å². The van der Waals surface area contributed by atoms with Crippen LogP contribution in [0.3, 0.4) is 0 Å². The molecular weight excluding hydrogens is 178 g/mol. The normalized spacial score (nSPS) is 16.8. The maximum Gasteiger partial charge on any atom is 0.228 e. The monoisotopic (exact) mass is 191 g/mol. The fraction of sp³-hybridized carbons (Fsp3) is 0.273. The molecular formula is C11H13NO2. The molecule has 14 heavy (non-hydrogen) atoms. The van der Waals surface area contributed by atoms with E-state index in [2.05, 4.69) is 6.58 Å². The first kappa shape index (κ1) is 10.4. The lowest BCUT2D eigenvalue weighted by molar-refractivity contribution is -0.470. The molecule has 0 saturated heterocycles. The summed E-state index contributed by atoms with van der Waals surface area (Å²) in [6.07, 6.45) is 8.10. The maximum atomic E-state index is 10.3. The lowest BCUT2D eigenvalue weighted by atomic mass is 10.0. The highest BCUT2D eigenvalue weighted by atomic mass is 16.6. The number of nitro groups is 1. The van der Waals surface area contributed by atoms with Crippen molar-refractivity contribution >= 4 is 0 Å². The topological polar surface area (TPSA) is 43.1 Å². The summed E-state index contributed by atoms with van der Waals surface area (Å²) >= 11 is 0. The van der Waals surface area contributed by atoms with Gasteiger partial charge < -0.3 is 0 Å². The molecule has 0 heterocycles. The highest BCUT2D eigenvalue weighted by Crippen LogP contribution is 2.15. The molecule has 0 N–H and O–H groups in total. The molecule has 0 saturated carbocycles. The largest absolute Gasteiger partial charge is 0.264 e. The van der Waals surface area contributed by atoms with E-state index in [0.717, 1.165) is 23.1 Å². The van der Waals surface area contributed by atoms with Gasteiger partial charge in [0, 0.05) is 10.5 Å². The van der Waals surface area contributed by atoms with E-state index in [0.29, 0.717) is 0 Å². The second-order valence-electron chi connectivity index (χ2n) is 3.42. The van der Waals surface area contributed by atoms with Crippen LogP contribution in [0.5, 0.6) is 0 Å². The van der Waals surface area contributed by atoms with Crippen LogP contribution in [-0.4, -0.2) is 11.5 Å². The van der Waals surface area contributed by atoms with Crippen molar-refractivity contribution in [3.63, 3.8) is 0 Å². The van der Waals surface area contributed by atoms with Crippen LogP contribution in [0.4, 0.5) is 0 Å². The first-order valence-electron chi connectivity index (χ1n) is 4.42. The van der Waals surface area contributed by atoms with Gasteiger partial charge in [0.15, 0.2) is 0 Å². The summed E-state index contributed by atoms with van der Waals surface area (Å²) in [4.78, 5) is 10.0. The molecule has 0 aromatic carbocycles. The first-order chi connectivity index (χ1) is 6.58. The number of nitrogens with zero attached hydrogens (tertiary/aromatic N) is 1. The van der Waals surface area contributed by atoms with Crippen LogP contribution in [0, 0.1) is 10.1 Å². The summed E-state index contributed by atoms with van der Waals surface area (Å²) in [6.45, 7) is 5.70. The third kappa shape index (κ3) is 3.39. The van der Waals surface area contributed by atoms with Crippen LogP contribution in [0.25, 0.3) is 0 Å². The Morgan fingerprint density at radius 1 is 1.64 bits per heavy atom. The zero-order valence-electron chi connectivity index (χ0n) is 8.19. The van der Waals surface area contributed by atoms with E-state index in [4.69, 9.17) is 0 Å². The van der Waals surface area contributed by atoms with Crippen molar-refractivity contribution in [1.29, 1.82) is 0 Å². The summed E-state index contributed by atoms with van der Waals surface area (Å²) in [5.41, 5.74) is 2.86. The highest BCUT2D eigenvalue weighted by molar-refractivity contribution is 5.35. The predicted molar refractivity (Wildman–Crippen MR) is 56.6 cm³/mol. The molecule has 3 heteroatoms. The van der Waals surface area contributed by atoms with Gasteiger partial charge in [-0.15, -0.1) is 0 Å². The van der Waals surface area contributed by atoms with Crippen LogP contribution in [0.1, 0.15) is 13.3 Å². The standard InChI is InChI=1S/C11H13NO2/c1-9-4-3-5-11(8-12(13)14)7-10(2)6-9/h3-5,7H,1,6,8H2,2H3. The van der Waals surface area contributed by atoms with Gasteiger partial charge in [0.05, 0.1) is 0 Å². The Morgan fingerprint density at radius 3 is 3.00 bits per heavy atom. The van der Waals surface area contributed by atoms with Crippen molar-refractivity contribution in [3.8, 4) is 0 Å². The van der Waals surface area contributed by atoms with Gasteiger partial charge in [0.1, 0.15) is 0 Å². The molecule has 0 atom stereocenters. The molecule has 1 aliphatic rings. The van der Waals surface area contributed by atoms with Crippen molar-refractivity contribution < 1.29 is 4.92 Å². The fourth-order valence-corrected chi connectivity index (χ4v) is 1.39. The quantitative estimate of drug-likeness (QED) is 0.497. The molecule has 0 aromatic rings. The molecule has 0 radical (unpaired) electrons. The van der Waals surface area contributed by atoms with Gasteiger partial charge in [-0.3, -0.25) is 10.1 Å². The van der Waals surface area contributed by atoms with E-state index in [9.17, 15) is 10.1 Å². The molecule has 3 nitrogen and oxygen atoms in total. The molecule has 0 aromatic heterocycles. The molecule has 74 valence electrons. The summed E-state index contributed by atoms with van der Waals surface area (Å²) in [5.74, 6) is 0. The molecule has 0 aliphatic heterocycles. The van der Waals surface area contributed by atoms with Gasteiger partial charge in [-0.05, 0) is 13.3 Å². The Balaban J connectivity index is 2.88. The van der Waals surface area contributed by atoms with E-state index >= 15 is 0 Å². The number of hydrogen-bond donors (Lipinski definition) is 0. The Hall–Kier alpha value is -1.64. The average molecular weight is 191 g/mol. The Labute approximate surface area is 83.3 Å². The van der Waals surface area contributed by atoms with Crippen molar-refractivity contribution in [2.24, 2.45) is 0 Å². The second-order valence-corrected chi connectivity index (χ2v) is 3.42. The Kier molecular flexibility index (Phi) is 3.40. The minimum atomic E-state index is -0.320. The molecule has 0 fully saturated rings. The molecule has 1 aliphatic carbocycles. The minimum absolute atomic E-state index is 0.117. The van der Waals surface area contributed by atoms with Gasteiger partial charge in [-0.25, -0.2) is 0 Å². The van der Waals surface area contributed by atoms with Gasteiger partial charge in [-0.1, -0.05) is 42.0 Å². The summed E-state index contributed by atoms with van der Waals surface area (Å²) in [5, 5.41) is 10.3. The van der Waals surface area contributed by atoms with Crippen molar-refractivity contribution in [2.45, 2.75) is 13.3 Å². The van der Waals surface area contributed by atoms with Gasteiger partial charge in [-0.2, -0.15) is 0 Å². The minimum Gasteiger partial charge on any atom is -0.264 e. The predicted octanol–water partition coefficient (Wildman–Crippen LogP) is 2.65. The third-order valence-electron chi connectivity index (χ3n) is 1.89. The summed E-state index contributed by atoms with van der Waals surface area (Å²) in [6, 6.07) is 0. The number of hydrogen-bond acceptors (Lipinski definition) is 2. The van der Waals surface area contributed by atoms with Crippen molar-refractivity contribution in [1.82, 2.24) is 0 Å². The van der Waals surface area contributed by atoms with Crippen LogP contribution in [0.2, 0.25) is 0 Å². The highest BCUT2D eigenvalue weighted by Gasteiger charge is 2.04. The average Bonchev–Trinajstić information content (AvgIpc) is 1.99.